The number of hydrogen-bond acceptors (Lipinski definition) is 6. The van der Waals surface area contributed by atoms with Crippen LogP contribution in [0, 0.1) is 0 Å². The Balaban J connectivity index is 2.27. The zero-order valence-corrected chi connectivity index (χ0v) is 15.4. The van der Waals surface area contributed by atoms with Crippen molar-refractivity contribution in [3.05, 3.63) is 29.3 Å². The fourth-order valence-corrected chi connectivity index (χ4v) is 4.01. The first-order valence-electron chi connectivity index (χ1n) is 7.17. The van der Waals surface area contributed by atoms with Crippen molar-refractivity contribution in [3.63, 3.8) is 0 Å². The summed E-state index contributed by atoms with van der Waals surface area (Å²) in [6.07, 6.45) is 3.05. The van der Waals surface area contributed by atoms with E-state index in [0.717, 1.165) is 32.6 Å². The molecule has 0 atom stereocenters. The van der Waals surface area contributed by atoms with Crippen LogP contribution in [-0.4, -0.2) is 37.2 Å². The van der Waals surface area contributed by atoms with Gasteiger partial charge in [0.15, 0.2) is 0 Å². The highest BCUT2D eigenvalue weighted by Gasteiger charge is 2.26. The monoisotopic (exact) mass is 373 g/mol. The standard InChI is InChI=1S/C15H19NO4S3/c1-3-12(21)10-15-16(7-4-8-23(17,18)19)13-9-11(20-2)5-6-14(13)22-15/h5-6,9-10H,3-4,7-8H2,1-2H3,(H,17,18,19). The van der Waals surface area contributed by atoms with Gasteiger partial charge in [-0.15, -0.1) is 0 Å². The summed E-state index contributed by atoms with van der Waals surface area (Å²) in [7, 11) is -2.35. The molecule has 1 N–H and O–H groups in total. The molecular formula is C15H19NO4S3. The molecule has 23 heavy (non-hydrogen) atoms. The Kier molecular flexibility index (Phi) is 6.07. The van der Waals surface area contributed by atoms with Crippen molar-refractivity contribution >= 4 is 44.6 Å². The summed E-state index contributed by atoms with van der Waals surface area (Å²) < 4.78 is 36.0. The van der Waals surface area contributed by atoms with E-state index in [4.69, 9.17) is 21.5 Å². The predicted octanol–water partition coefficient (Wildman–Crippen LogP) is 3.51. The maximum absolute atomic E-state index is 10.9. The van der Waals surface area contributed by atoms with E-state index in [0.29, 0.717) is 13.0 Å². The third-order valence-electron chi connectivity index (χ3n) is 3.35. The fourth-order valence-electron chi connectivity index (χ4n) is 2.19. The Labute approximate surface area is 146 Å². The highest BCUT2D eigenvalue weighted by Crippen LogP contribution is 2.47. The van der Waals surface area contributed by atoms with Crippen molar-refractivity contribution in [2.24, 2.45) is 0 Å². The molecule has 0 unspecified atom stereocenters. The van der Waals surface area contributed by atoms with Crippen molar-refractivity contribution in [2.45, 2.75) is 24.7 Å². The summed E-state index contributed by atoms with van der Waals surface area (Å²) in [4.78, 5) is 3.94. The van der Waals surface area contributed by atoms with E-state index in [2.05, 4.69) is 0 Å². The molecule has 1 heterocycles. The van der Waals surface area contributed by atoms with Crippen LogP contribution in [0.1, 0.15) is 19.8 Å². The maximum atomic E-state index is 10.9. The number of allylic oxidation sites excluding steroid dienone is 1. The van der Waals surface area contributed by atoms with Crippen LogP contribution >= 0.6 is 24.0 Å². The highest BCUT2D eigenvalue weighted by molar-refractivity contribution is 8.03. The van der Waals surface area contributed by atoms with E-state index in [1.54, 1.807) is 18.9 Å². The minimum atomic E-state index is -3.95. The van der Waals surface area contributed by atoms with Crippen LogP contribution in [0.25, 0.3) is 0 Å². The van der Waals surface area contributed by atoms with Gasteiger partial charge in [0.05, 0.1) is 23.6 Å². The number of anilines is 1. The van der Waals surface area contributed by atoms with Crippen LogP contribution in [0.3, 0.4) is 0 Å². The van der Waals surface area contributed by atoms with Crippen molar-refractivity contribution in [1.29, 1.82) is 0 Å². The summed E-state index contributed by atoms with van der Waals surface area (Å²) in [6.45, 7) is 2.48. The van der Waals surface area contributed by atoms with Crippen LogP contribution < -0.4 is 9.64 Å². The topological polar surface area (TPSA) is 66.8 Å². The molecule has 0 aromatic heterocycles. The zero-order chi connectivity index (χ0) is 17.0. The van der Waals surface area contributed by atoms with Gasteiger partial charge in [-0.05, 0) is 31.1 Å². The summed E-state index contributed by atoms with van der Waals surface area (Å²) >= 11 is 6.90. The number of ether oxygens (including phenoxy) is 1. The molecule has 0 radical (unpaired) electrons. The Morgan fingerprint density at radius 1 is 1.48 bits per heavy atom. The lowest BCUT2D eigenvalue weighted by Crippen LogP contribution is -2.22. The van der Waals surface area contributed by atoms with Gasteiger partial charge in [0.25, 0.3) is 10.1 Å². The molecule has 8 heteroatoms. The number of thioether (sulfide) groups is 1. The molecule has 0 amide bonds. The molecule has 0 bridgehead atoms. The molecule has 0 fully saturated rings. The molecule has 0 saturated carbocycles. The Hall–Kier alpha value is -1.09. The Morgan fingerprint density at radius 2 is 2.22 bits per heavy atom. The second-order valence-electron chi connectivity index (χ2n) is 5.03. The second-order valence-corrected chi connectivity index (χ2v) is 8.19. The lowest BCUT2D eigenvalue weighted by molar-refractivity contribution is 0.414. The summed E-state index contributed by atoms with van der Waals surface area (Å²) in [5.41, 5.74) is 0.967. The molecular weight excluding hydrogens is 354 g/mol. The van der Waals surface area contributed by atoms with Gasteiger partial charge in [0.2, 0.25) is 0 Å². The quantitative estimate of drug-likeness (QED) is 0.446. The highest BCUT2D eigenvalue weighted by atomic mass is 32.2. The smallest absolute Gasteiger partial charge is 0.264 e. The summed E-state index contributed by atoms with van der Waals surface area (Å²) in [6, 6.07) is 5.79. The lowest BCUT2D eigenvalue weighted by Gasteiger charge is -2.20. The molecule has 126 valence electrons. The van der Waals surface area contributed by atoms with Gasteiger partial charge in [-0.3, -0.25) is 4.55 Å². The zero-order valence-electron chi connectivity index (χ0n) is 13.0. The fraction of sp³-hybridized carbons (Fsp3) is 0.400. The molecule has 1 aromatic rings. The van der Waals surface area contributed by atoms with Crippen LogP contribution in [0.4, 0.5) is 5.69 Å². The van der Waals surface area contributed by atoms with Crippen molar-refractivity contribution in [3.8, 4) is 5.75 Å². The van der Waals surface area contributed by atoms with Gasteiger partial charge in [0, 0.05) is 22.4 Å². The number of methoxy groups -OCH3 is 1. The minimum absolute atomic E-state index is 0.265. The van der Waals surface area contributed by atoms with Crippen LogP contribution in [0.2, 0.25) is 0 Å². The maximum Gasteiger partial charge on any atom is 0.264 e. The molecule has 1 aliphatic rings. The normalized spacial score (nSPS) is 15.8. The Bertz CT molecular complexity index is 728. The van der Waals surface area contributed by atoms with Gasteiger partial charge in [0.1, 0.15) is 5.75 Å². The number of hydrogen-bond donors (Lipinski definition) is 1. The van der Waals surface area contributed by atoms with Gasteiger partial charge < -0.3 is 9.64 Å². The van der Waals surface area contributed by atoms with E-state index in [9.17, 15) is 8.42 Å². The van der Waals surface area contributed by atoms with E-state index < -0.39 is 10.1 Å². The minimum Gasteiger partial charge on any atom is -0.497 e. The summed E-state index contributed by atoms with van der Waals surface area (Å²) in [5, 5.41) is 0.968. The molecule has 0 aliphatic carbocycles. The second kappa shape index (κ2) is 7.65. The number of nitrogens with zero attached hydrogens (tertiary/aromatic N) is 1. The average Bonchev–Trinajstić information content (AvgIpc) is 2.82. The third-order valence-corrected chi connectivity index (χ3v) is 5.68. The molecule has 1 aliphatic heterocycles. The molecule has 0 spiro atoms. The number of fused-ring (bicyclic) bond motifs is 1. The first-order valence-corrected chi connectivity index (χ1v) is 10.0. The van der Waals surface area contributed by atoms with E-state index in [-0.39, 0.29) is 5.75 Å². The predicted molar refractivity (Wildman–Crippen MR) is 98.2 cm³/mol. The van der Waals surface area contributed by atoms with E-state index in [1.807, 2.05) is 36.1 Å². The summed E-state index contributed by atoms with van der Waals surface area (Å²) in [5.74, 6) is 0.474. The van der Waals surface area contributed by atoms with Crippen LogP contribution in [0.5, 0.6) is 5.75 Å². The van der Waals surface area contributed by atoms with Gasteiger partial charge in [-0.2, -0.15) is 8.42 Å². The lowest BCUT2D eigenvalue weighted by atomic mass is 10.2. The van der Waals surface area contributed by atoms with E-state index >= 15 is 0 Å². The largest absolute Gasteiger partial charge is 0.497 e. The van der Waals surface area contributed by atoms with Crippen LogP contribution in [0.15, 0.2) is 34.2 Å². The molecule has 5 nitrogen and oxygen atoms in total. The third kappa shape index (κ3) is 4.94. The van der Waals surface area contributed by atoms with Gasteiger partial charge in [-0.25, -0.2) is 0 Å². The number of rotatable bonds is 7. The van der Waals surface area contributed by atoms with Gasteiger partial charge in [-0.1, -0.05) is 30.9 Å². The van der Waals surface area contributed by atoms with Crippen molar-refractivity contribution < 1.29 is 17.7 Å². The molecule has 0 saturated heterocycles. The molecule has 1 aromatic carbocycles. The first-order chi connectivity index (χ1) is 10.8. The van der Waals surface area contributed by atoms with E-state index in [1.165, 1.54) is 0 Å². The Morgan fingerprint density at radius 3 is 2.83 bits per heavy atom. The first kappa shape index (κ1) is 18.3. The SMILES string of the molecule is CCC(=S)C=C1Sc2ccc(OC)cc2N1CCCS(=O)(=O)O. The van der Waals surface area contributed by atoms with Crippen molar-refractivity contribution in [1.82, 2.24) is 0 Å². The van der Waals surface area contributed by atoms with Crippen molar-refractivity contribution in [2.75, 3.05) is 24.3 Å². The molecule has 2 rings (SSSR count). The van der Waals surface area contributed by atoms with Gasteiger partial charge >= 0.3 is 0 Å². The average molecular weight is 374 g/mol. The van der Waals surface area contributed by atoms with Crippen LogP contribution in [-0.2, 0) is 10.1 Å². The number of benzene rings is 1. The number of thiocarbonyl (C=S) groups is 1.